The smallest absolute Gasteiger partial charge is 0.160 e. The molecule has 0 aliphatic heterocycles. The second-order valence-corrected chi connectivity index (χ2v) is 4.89. The fourth-order valence-electron chi connectivity index (χ4n) is 1.26. The summed E-state index contributed by atoms with van der Waals surface area (Å²) in [5.74, 6) is 1.59. The van der Waals surface area contributed by atoms with Gasteiger partial charge in [-0.1, -0.05) is 0 Å². The number of rotatable bonds is 2. The number of hydrogen-bond acceptors (Lipinski definition) is 4. The van der Waals surface area contributed by atoms with E-state index >= 15 is 0 Å². The first-order chi connectivity index (χ1) is 6.76. The molecule has 2 aromatic rings. The first kappa shape index (κ1) is 9.73. The van der Waals surface area contributed by atoms with Crippen molar-refractivity contribution >= 4 is 37.5 Å². The molecule has 5 heteroatoms. The molecule has 0 saturated heterocycles. The van der Waals surface area contributed by atoms with Gasteiger partial charge in [-0.2, -0.15) is 0 Å². The third-order valence-electron chi connectivity index (χ3n) is 1.88. The van der Waals surface area contributed by atoms with Crippen molar-refractivity contribution in [3.8, 4) is 11.5 Å². The number of benzene rings is 1. The minimum absolute atomic E-state index is 0.766. The maximum Gasteiger partial charge on any atom is 0.160 e. The predicted molar refractivity (Wildman–Crippen MR) is 60.4 cm³/mol. The van der Waals surface area contributed by atoms with Crippen molar-refractivity contribution in [2.75, 3.05) is 14.2 Å². The van der Waals surface area contributed by atoms with Crippen LogP contribution >= 0.6 is 27.3 Å². The SMILES string of the molecule is COc1ccc(OC)c2sc(Br)nc12. The maximum absolute atomic E-state index is 5.23. The fourth-order valence-corrected chi connectivity index (χ4v) is 2.72. The highest BCUT2D eigenvalue weighted by atomic mass is 79.9. The van der Waals surface area contributed by atoms with E-state index in [9.17, 15) is 0 Å². The summed E-state index contributed by atoms with van der Waals surface area (Å²) in [7, 11) is 3.28. The standard InChI is InChI=1S/C9H8BrNO2S/c1-12-5-3-4-6(13-2)8-7(5)11-9(10)14-8/h3-4H,1-2H3. The van der Waals surface area contributed by atoms with Crippen LogP contribution in [-0.4, -0.2) is 19.2 Å². The molecule has 0 amide bonds. The Morgan fingerprint density at radius 2 is 1.86 bits per heavy atom. The lowest BCUT2D eigenvalue weighted by Gasteiger charge is -2.03. The van der Waals surface area contributed by atoms with Crippen LogP contribution in [0.25, 0.3) is 10.2 Å². The van der Waals surface area contributed by atoms with Crippen molar-refractivity contribution in [3.05, 3.63) is 16.0 Å². The zero-order valence-electron chi connectivity index (χ0n) is 7.70. The predicted octanol–water partition coefficient (Wildman–Crippen LogP) is 3.08. The Labute approximate surface area is 93.8 Å². The van der Waals surface area contributed by atoms with Gasteiger partial charge in [-0.05, 0) is 28.1 Å². The molecule has 1 heterocycles. The zero-order chi connectivity index (χ0) is 10.1. The van der Waals surface area contributed by atoms with Crippen molar-refractivity contribution in [2.24, 2.45) is 0 Å². The number of halogens is 1. The van der Waals surface area contributed by atoms with Gasteiger partial charge in [-0.3, -0.25) is 0 Å². The minimum Gasteiger partial charge on any atom is -0.495 e. The molecule has 0 unspecified atom stereocenters. The molecule has 2 rings (SSSR count). The molecular weight excluding hydrogens is 266 g/mol. The van der Waals surface area contributed by atoms with E-state index in [1.807, 2.05) is 12.1 Å². The Morgan fingerprint density at radius 3 is 2.50 bits per heavy atom. The number of ether oxygens (including phenoxy) is 2. The Hall–Kier alpha value is -0.810. The second-order valence-electron chi connectivity index (χ2n) is 2.61. The average Bonchev–Trinajstić information content (AvgIpc) is 2.57. The maximum atomic E-state index is 5.23. The number of thiazole rings is 1. The summed E-state index contributed by atoms with van der Waals surface area (Å²) in [4.78, 5) is 4.32. The van der Waals surface area contributed by atoms with Crippen molar-refractivity contribution in [3.63, 3.8) is 0 Å². The first-order valence-corrected chi connectivity index (χ1v) is 5.54. The van der Waals surface area contributed by atoms with Crippen LogP contribution in [0.2, 0.25) is 0 Å². The summed E-state index contributed by atoms with van der Waals surface area (Å²) in [5.41, 5.74) is 0.837. The highest BCUT2D eigenvalue weighted by Gasteiger charge is 2.11. The molecule has 3 nitrogen and oxygen atoms in total. The largest absolute Gasteiger partial charge is 0.495 e. The molecule has 0 radical (unpaired) electrons. The first-order valence-electron chi connectivity index (χ1n) is 3.93. The summed E-state index contributed by atoms with van der Waals surface area (Å²) in [6.07, 6.45) is 0. The lowest BCUT2D eigenvalue weighted by molar-refractivity contribution is 0.410. The van der Waals surface area contributed by atoms with Crippen molar-refractivity contribution in [1.29, 1.82) is 0 Å². The van der Waals surface area contributed by atoms with Gasteiger partial charge in [0, 0.05) is 0 Å². The summed E-state index contributed by atoms with van der Waals surface area (Å²) in [6, 6.07) is 3.74. The molecule has 0 spiro atoms. The molecule has 14 heavy (non-hydrogen) atoms. The van der Waals surface area contributed by atoms with Gasteiger partial charge < -0.3 is 9.47 Å². The highest BCUT2D eigenvalue weighted by molar-refractivity contribution is 9.11. The van der Waals surface area contributed by atoms with Crippen molar-refractivity contribution in [1.82, 2.24) is 4.98 Å². The second kappa shape index (κ2) is 3.74. The van der Waals surface area contributed by atoms with Gasteiger partial charge in [0.25, 0.3) is 0 Å². The molecule has 74 valence electrons. The third kappa shape index (κ3) is 1.46. The van der Waals surface area contributed by atoms with Gasteiger partial charge in [0.05, 0.1) is 14.2 Å². The molecule has 0 fully saturated rings. The van der Waals surface area contributed by atoms with Gasteiger partial charge in [-0.15, -0.1) is 11.3 Å². The van der Waals surface area contributed by atoms with Gasteiger partial charge in [0.15, 0.2) is 3.92 Å². The van der Waals surface area contributed by atoms with Crippen LogP contribution in [0.1, 0.15) is 0 Å². The number of hydrogen-bond donors (Lipinski definition) is 0. The summed E-state index contributed by atoms with van der Waals surface area (Å²) >= 11 is 4.88. The number of fused-ring (bicyclic) bond motifs is 1. The van der Waals surface area contributed by atoms with E-state index in [2.05, 4.69) is 20.9 Å². The normalized spacial score (nSPS) is 10.5. The zero-order valence-corrected chi connectivity index (χ0v) is 10.1. The van der Waals surface area contributed by atoms with Crippen LogP contribution in [0.4, 0.5) is 0 Å². The number of methoxy groups -OCH3 is 2. The van der Waals surface area contributed by atoms with E-state index in [1.54, 1.807) is 14.2 Å². The van der Waals surface area contributed by atoms with Crippen LogP contribution < -0.4 is 9.47 Å². The van der Waals surface area contributed by atoms with E-state index in [4.69, 9.17) is 9.47 Å². The van der Waals surface area contributed by atoms with E-state index < -0.39 is 0 Å². The lowest BCUT2D eigenvalue weighted by atomic mass is 10.3. The lowest BCUT2D eigenvalue weighted by Crippen LogP contribution is -1.87. The molecule has 0 saturated carbocycles. The third-order valence-corrected chi connectivity index (χ3v) is 3.41. The monoisotopic (exact) mass is 273 g/mol. The number of nitrogens with zero attached hydrogens (tertiary/aromatic N) is 1. The molecule has 0 atom stereocenters. The van der Waals surface area contributed by atoms with E-state index in [-0.39, 0.29) is 0 Å². The Balaban J connectivity index is 2.77. The molecule has 0 aliphatic carbocycles. The van der Waals surface area contributed by atoms with Gasteiger partial charge in [0.1, 0.15) is 21.7 Å². The molecule has 0 N–H and O–H groups in total. The average molecular weight is 274 g/mol. The number of aromatic nitrogens is 1. The fraction of sp³-hybridized carbons (Fsp3) is 0.222. The van der Waals surface area contributed by atoms with E-state index in [1.165, 1.54) is 11.3 Å². The topological polar surface area (TPSA) is 31.4 Å². The van der Waals surface area contributed by atoms with Crippen molar-refractivity contribution in [2.45, 2.75) is 0 Å². The Bertz CT molecular complexity index is 428. The summed E-state index contributed by atoms with van der Waals surface area (Å²) in [6.45, 7) is 0. The summed E-state index contributed by atoms with van der Waals surface area (Å²) < 4.78 is 12.3. The molecule has 0 bridgehead atoms. The molecule has 0 aliphatic rings. The van der Waals surface area contributed by atoms with Crippen molar-refractivity contribution < 1.29 is 9.47 Å². The Morgan fingerprint density at radius 1 is 1.21 bits per heavy atom. The van der Waals surface area contributed by atoms with Crippen LogP contribution in [0, 0.1) is 0 Å². The van der Waals surface area contributed by atoms with Crippen LogP contribution in [0.3, 0.4) is 0 Å². The van der Waals surface area contributed by atoms with Gasteiger partial charge >= 0.3 is 0 Å². The minimum atomic E-state index is 0.766. The van der Waals surface area contributed by atoms with E-state index in [0.717, 1.165) is 25.6 Å². The molecule has 1 aromatic heterocycles. The van der Waals surface area contributed by atoms with Crippen LogP contribution in [0.15, 0.2) is 16.0 Å². The van der Waals surface area contributed by atoms with Crippen LogP contribution in [0.5, 0.6) is 11.5 Å². The highest BCUT2D eigenvalue weighted by Crippen LogP contribution is 2.38. The van der Waals surface area contributed by atoms with Gasteiger partial charge in [-0.25, -0.2) is 4.98 Å². The van der Waals surface area contributed by atoms with E-state index in [0.29, 0.717) is 0 Å². The molecular formula is C9H8BrNO2S. The summed E-state index contributed by atoms with van der Waals surface area (Å²) in [5, 5.41) is 0. The molecule has 1 aromatic carbocycles. The van der Waals surface area contributed by atoms with Crippen LogP contribution in [-0.2, 0) is 0 Å². The quantitative estimate of drug-likeness (QED) is 0.843. The van der Waals surface area contributed by atoms with Gasteiger partial charge in [0.2, 0.25) is 0 Å². The Kier molecular flexibility index (Phi) is 2.60.